The number of alkyl halides is 2. The largest absolute Gasteiger partial charge is 0.248 e. The Morgan fingerprint density at radius 3 is 2.44 bits per heavy atom. The van der Waals surface area contributed by atoms with Gasteiger partial charge in [0.1, 0.15) is 0 Å². The molecule has 0 saturated carbocycles. The van der Waals surface area contributed by atoms with E-state index in [0.717, 1.165) is 16.3 Å². The molecule has 0 saturated heterocycles. The minimum atomic E-state index is -2.84. The van der Waals surface area contributed by atoms with E-state index in [0.29, 0.717) is 6.42 Å². The zero-order valence-corrected chi connectivity index (χ0v) is 8.92. The summed E-state index contributed by atoms with van der Waals surface area (Å²) < 4.78 is 25.4. The maximum atomic E-state index is 12.7. The van der Waals surface area contributed by atoms with E-state index < -0.39 is 5.92 Å². The average Bonchev–Trinajstić information content (AvgIpc) is 2.25. The second kappa shape index (κ2) is 4.20. The fraction of sp³-hybridized carbons (Fsp3) is 0.214. The van der Waals surface area contributed by atoms with Crippen LogP contribution in [0.5, 0.6) is 0 Å². The first-order valence-corrected chi connectivity index (χ1v) is 5.26. The molecule has 0 amide bonds. The lowest BCUT2D eigenvalue weighted by atomic mass is 10.00. The summed E-state index contributed by atoms with van der Waals surface area (Å²) in [7, 11) is 0. The van der Waals surface area contributed by atoms with Gasteiger partial charge >= 0.3 is 0 Å². The first-order valence-electron chi connectivity index (χ1n) is 5.26. The Labute approximate surface area is 93.9 Å². The zero-order valence-electron chi connectivity index (χ0n) is 8.92. The van der Waals surface area contributed by atoms with Gasteiger partial charge in [-0.2, -0.15) is 0 Å². The van der Waals surface area contributed by atoms with Gasteiger partial charge in [-0.25, -0.2) is 8.78 Å². The summed E-state index contributed by atoms with van der Waals surface area (Å²) in [5.74, 6) is -2.84. The standard InChI is InChI=1S/C14H13F2/c1-14(15,16)10-9-12-7-4-6-11-5-2-3-8-13(11)12/h2-8H,1,9-10H2. The summed E-state index contributed by atoms with van der Waals surface area (Å²) in [5.41, 5.74) is 0.960. The van der Waals surface area contributed by atoms with Crippen LogP contribution in [0.3, 0.4) is 0 Å². The van der Waals surface area contributed by atoms with Crippen LogP contribution in [0.4, 0.5) is 8.78 Å². The smallest absolute Gasteiger partial charge is 0.207 e. The van der Waals surface area contributed by atoms with Gasteiger partial charge in [0.05, 0.1) is 0 Å². The van der Waals surface area contributed by atoms with E-state index in [2.05, 4.69) is 6.92 Å². The van der Waals surface area contributed by atoms with Crippen molar-refractivity contribution in [1.82, 2.24) is 0 Å². The summed E-state index contributed by atoms with van der Waals surface area (Å²) in [4.78, 5) is 0. The Morgan fingerprint density at radius 1 is 1.00 bits per heavy atom. The van der Waals surface area contributed by atoms with E-state index in [-0.39, 0.29) is 6.42 Å². The molecule has 0 unspecified atom stereocenters. The monoisotopic (exact) mass is 219 g/mol. The molecule has 0 nitrogen and oxygen atoms in total. The Balaban J connectivity index is 2.30. The predicted molar refractivity (Wildman–Crippen MR) is 62.6 cm³/mol. The van der Waals surface area contributed by atoms with Gasteiger partial charge in [-0.15, -0.1) is 0 Å². The fourth-order valence-corrected chi connectivity index (χ4v) is 1.83. The summed E-state index contributed by atoms with van der Waals surface area (Å²) in [6.07, 6.45) is 0.152. The molecule has 0 spiro atoms. The van der Waals surface area contributed by atoms with Crippen molar-refractivity contribution in [3.63, 3.8) is 0 Å². The molecule has 0 aliphatic carbocycles. The van der Waals surface area contributed by atoms with Crippen molar-refractivity contribution < 1.29 is 8.78 Å². The molecule has 1 radical (unpaired) electrons. The SMILES string of the molecule is [CH2]C(F)(F)CCc1cccc2ccccc12. The van der Waals surface area contributed by atoms with Crippen LogP contribution in [-0.4, -0.2) is 5.92 Å². The highest BCUT2D eigenvalue weighted by Crippen LogP contribution is 2.24. The first kappa shape index (κ1) is 11.1. The quantitative estimate of drug-likeness (QED) is 0.724. The van der Waals surface area contributed by atoms with Crippen LogP contribution in [0.1, 0.15) is 12.0 Å². The molecule has 0 aliphatic rings. The fourth-order valence-electron chi connectivity index (χ4n) is 1.83. The molecule has 83 valence electrons. The number of rotatable bonds is 3. The Bertz CT molecular complexity index is 478. The molecular weight excluding hydrogens is 206 g/mol. The Kier molecular flexibility index (Phi) is 2.90. The molecule has 0 atom stereocenters. The number of aryl methyl sites for hydroxylation is 1. The predicted octanol–water partition coefficient (Wildman–Crippen LogP) is 4.24. The van der Waals surface area contributed by atoms with Crippen LogP contribution in [0.2, 0.25) is 0 Å². The zero-order chi connectivity index (χ0) is 11.6. The summed E-state index contributed by atoms with van der Waals surface area (Å²) >= 11 is 0. The summed E-state index contributed by atoms with van der Waals surface area (Å²) in [5, 5.41) is 2.14. The third-order valence-corrected chi connectivity index (χ3v) is 2.64. The van der Waals surface area contributed by atoms with Crippen molar-refractivity contribution >= 4 is 10.8 Å². The van der Waals surface area contributed by atoms with Crippen molar-refractivity contribution in [1.29, 1.82) is 0 Å². The van der Waals surface area contributed by atoms with E-state index in [1.165, 1.54) is 0 Å². The topological polar surface area (TPSA) is 0 Å². The molecule has 2 rings (SSSR count). The van der Waals surface area contributed by atoms with Gasteiger partial charge in [0.25, 0.3) is 0 Å². The number of hydrogen-bond acceptors (Lipinski definition) is 0. The third-order valence-electron chi connectivity index (χ3n) is 2.64. The van der Waals surface area contributed by atoms with Gasteiger partial charge in [0.2, 0.25) is 5.92 Å². The molecule has 0 heterocycles. The second-order valence-corrected chi connectivity index (χ2v) is 3.99. The second-order valence-electron chi connectivity index (χ2n) is 3.99. The van der Waals surface area contributed by atoms with Crippen molar-refractivity contribution in [3.05, 3.63) is 55.0 Å². The van der Waals surface area contributed by atoms with Crippen LogP contribution in [-0.2, 0) is 6.42 Å². The van der Waals surface area contributed by atoms with Crippen LogP contribution >= 0.6 is 0 Å². The number of fused-ring (bicyclic) bond motifs is 1. The summed E-state index contributed by atoms with van der Waals surface area (Å²) in [6, 6.07) is 13.6. The van der Waals surface area contributed by atoms with E-state index >= 15 is 0 Å². The van der Waals surface area contributed by atoms with Crippen LogP contribution in [0.25, 0.3) is 10.8 Å². The maximum Gasteiger partial charge on any atom is 0.248 e. The Morgan fingerprint density at radius 2 is 1.69 bits per heavy atom. The lowest BCUT2D eigenvalue weighted by Gasteiger charge is -2.11. The molecule has 0 aromatic heterocycles. The molecule has 0 N–H and O–H groups in total. The lowest BCUT2D eigenvalue weighted by molar-refractivity contribution is 0.0428. The van der Waals surface area contributed by atoms with Gasteiger partial charge < -0.3 is 0 Å². The number of hydrogen-bond donors (Lipinski definition) is 0. The highest BCUT2D eigenvalue weighted by atomic mass is 19.3. The van der Waals surface area contributed by atoms with E-state index in [4.69, 9.17) is 0 Å². The molecule has 0 aliphatic heterocycles. The average molecular weight is 219 g/mol. The minimum Gasteiger partial charge on any atom is -0.207 e. The van der Waals surface area contributed by atoms with Crippen LogP contribution in [0, 0.1) is 6.92 Å². The van der Waals surface area contributed by atoms with Crippen LogP contribution < -0.4 is 0 Å². The van der Waals surface area contributed by atoms with Crippen molar-refractivity contribution in [3.8, 4) is 0 Å². The van der Waals surface area contributed by atoms with E-state index in [1.54, 1.807) is 0 Å². The maximum absolute atomic E-state index is 12.7. The molecule has 2 heteroatoms. The third kappa shape index (κ3) is 2.57. The highest BCUT2D eigenvalue weighted by molar-refractivity contribution is 5.85. The molecule has 2 aromatic rings. The number of halogens is 2. The van der Waals surface area contributed by atoms with Crippen molar-refractivity contribution in [2.75, 3.05) is 0 Å². The van der Waals surface area contributed by atoms with Gasteiger partial charge in [0.15, 0.2) is 0 Å². The first-order chi connectivity index (χ1) is 7.56. The lowest BCUT2D eigenvalue weighted by Crippen LogP contribution is -2.11. The van der Waals surface area contributed by atoms with Crippen molar-refractivity contribution in [2.45, 2.75) is 18.8 Å². The number of benzene rings is 2. The van der Waals surface area contributed by atoms with Gasteiger partial charge in [-0.3, -0.25) is 0 Å². The van der Waals surface area contributed by atoms with Gasteiger partial charge in [-0.05, 0) is 22.8 Å². The minimum absolute atomic E-state index is 0.207. The highest BCUT2D eigenvalue weighted by Gasteiger charge is 2.20. The molecule has 16 heavy (non-hydrogen) atoms. The van der Waals surface area contributed by atoms with Crippen molar-refractivity contribution in [2.24, 2.45) is 0 Å². The van der Waals surface area contributed by atoms with Crippen LogP contribution in [0.15, 0.2) is 42.5 Å². The Hall–Kier alpha value is -1.44. The molecule has 0 bridgehead atoms. The van der Waals surface area contributed by atoms with Gasteiger partial charge in [0, 0.05) is 13.3 Å². The van der Waals surface area contributed by atoms with Gasteiger partial charge in [-0.1, -0.05) is 42.5 Å². The molecule has 2 aromatic carbocycles. The van der Waals surface area contributed by atoms with E-state index in [9.17, 15) is 8.78 Å². The van der Waals surface area contributed by atoms with E-state index in [1.807, 2.05) is 42.5 Å². The molecular formula is C14H13F2. The normalized spacial score (nSPS) is 11.9. The molecule has 0 fully saturated rings. The summed E-state index contributed by atoms with van der Waals surface area (Å²) in [6.45, 7) is 2.83.